The minimum absolute atomic E-state index is 0.119. The first-order valence-corrected chi connectivity index (χ1v) is 8.88. The maximum Gasteiger partial charge on any atom is 0.228 e. The van der Waals surface area contributed by atoms with Crippen molar-refractivity contribution < 1.29 is 9.53 Å². The lowest BCUT2D eigenvalue weighted by Gasteiger charge is -2.30. The topological polar surface area (TPSA) is 60.2 Å². The third-order valence-electron chi connectivity index (χ3n) is 4.51. The third kappa shape index (κ3) is 4.07. The molecule has 2 aromatic rings. The summed E-state index contributed by atoms with van der Waals surface area (Å²) in [5.41, 5.74) is 1.12. The highest BCUT2D eigenvalue weighted by Crippen LogP contribution is 2.19. The van der Waals surface area contributed by atoms with Crippen LogP contribution in [0.3, 0.4) is 0 Å². The second-order valence-corrected chi connectivity index (χ2v) is 6.94. The fourth-order valence-corrected chi connectivity index (χ4v) is 3.11. The van der Waals surface area contributed by atoms with Crippen LogP contribution in [-0.2, 0) is 29.2 Å². The zero-order valence-corrected chi connectivity index (χ0v) is 15.2. The summed E-state index contributed by atoms with van der Waals surface area (Å²) in [6.07, 6.45) is 0. The zero-order valence-electron chi connectivity index (χ0n) is 15.2. The standard InChI is InChI=1S/C19H26N4O2/c1-14(2)18-21-20-17-11-22(9-10-23(17)18)19(24)15(3)12-25-13-16-7-5-4-6-8-16/h4-8,14-15H,9-13H2,1-3H3/t15-/m0/s1. The minimum atomic E-state index is -0.164. The van der Waals surface area contributed by atoms with E-state index in [9.17, 15) is 4.79 Å². The maximum absolute atomic E-state index is 12.7. The Morgan fingerprint density at radius 2 is 1.92 bits per heavy atom. The first-order chi connectivity index (χ1) is 12.1. The number of nitrogens with zero attached hydrogens (tertiary/aromatic N) is 4. The van der Waals surface area contributed by atoms with Gasteiger partial charge in [-0.25, -0.2) is 0 Å². The number of benzene rings is 1. The zero-order chi connectivity index (χ0) is 17.8. The van der Waals surface area contributed by atoms with E-state index in [1.807, 2.05) is 42.2 Å². The van der Waals surface area contributed by atoms with Crippen LogP contribution in [-0.4, -0.2) is 38.7 Å². The van der Waals surface area contributed by atoms with Crippen molar-refractivity contribution >= 4 is 5.91 Å². The van der Waals surface area contributed by atoms with Gasteiger partial charge in [0.2, 0.25) is 5.91 Å². The van der Waals surface area contributed by atoms with Gasteiger partial charge in [-0.1, -0.05) is 51.1 Å². The SMILES string of the molecule is CC(C)c1nnc2n1CCN(C(=O)[C@@H](C)COCc1ccccc1)C2. The number of carbonyl (C=O) groups is 1. The molecule has 0 unspecified atom stereocenters. The summed E-state index contributed by atoms with van der Waals surface area (Å²) in [6, 6.07) is 10.0. The van der Waals surface area contributed by atoms with Gasteiger partial charge in [0.1, 0.15) is 5.82 Å². The van der Waals surface area contributed by atoms with Crippen LogP contribution >= 0.6 is 0 Å². The number of fused-ring (bicyclic) bond motifs is 1. The smallest absolute Gasteiger partial charge is 0.228 e. The van der Waals surface area contributed by atoms with Crippen LogP contribution in [0.15, 0.2) is 30.3 Å². The van der Waals surface area contributed by atoms with E-state index in [0.29, 0.717) is 32.2 Å². The number of ether oxygens (including phenoxy) is 1. The fourth-order valence-electron chi connectivity index (χ4n) is 3.11. The van der Waals surface area contributed by atoms with Crippen LogP contribution in [0.5, 0.6) is 0 Å². The van der Waals surface area contributed by atoms with Gasteiger partial charge in [-0.05, 0) is 5.56 Å². The number of carbonyl (C=O) groups excluding carboxylic acids is 1. The van der Waals surface area contributed by atoms with Crippen molar-refractivity contribution in [2.24, 2.45) is 5.92 Å². The molecule has 2 heterocycles. The summed E-state index contributed by atoms with van der Waals surface area (Å²) in [7, 11) is 0. The molecule has 6 heteroatoms. The molecule has 0 spiro atoms. The second kappa shape index (κ2) is 7.78. The van der Waals surface area contributed by atoms with Crippen LogP contribution in [0.1, 0.15) is 43.9 Å². The molecular formula is C19H26N4O2. The van der Waals surface area contributed by atoms with Gasteiger partial charge < -0.3 is 14.2 Å². The normalized spacial score (nSPS) is 15.3. The van der Waals surface area contributed by atoms with Gasteiger partial charge in [-0.2, -0.15) is 0 Å². The summed E-state index contributed by atoms with van der Waals surface area (Å²) in [5.74, 6) is 2.17. The first kappa shape index (κ1) is 17.6. The predicted octanol–water partition coefficient (Wildman–Crippen LogP) is 2.60. The van der Waals surface area contributed by atoms with Crippen LogP contribution in [0.25, 0.3) is 0 Å². The Balaban J connectivity index is 1.52. The lowest BCUT2D eigenvalue weighted by Crippen LogP contribution is -2.42. The summed E-state index contributed by atoms with van der Waals surface area (Å²) in [5, 5.41) is 8.53. The van der Waals surface area contributed by atoms with Crippen molar-refractivity contribution in [2.45, 2.75) is 46.4 Å². The Morgan fingerprint density at radius 3 is 2.64 bits per heavy atom. The van der Waals surface area contributed by atoms with Crippen LogP contribution in [0.4, 0.5) is 0 Å². The first-order valence-electron chi connectivity index (χ1n) is 8.88. The van der Waals surface area contributed by atoms with Gasteiger partial charge in [0.05, 0.1) is 25.7 Å². The van der Waals surface area contributed by atoms with Crippen molar-refractivity contribution in [1.29, 1.82) is 0 Å². The molecule has 25 heavy (non-hydrogen) atoms. The summed E-state index contributed by atoms with van der Waals surface area (Å²) in [4.78, 5) is 14.5. The number of hydrogen-bond acceptors (Lipinski definition) is 4. The Kier molecular flexibility index (Phi) is 5.48. The predicted molar refractivity (Wildman–Crippen MR) is 94.8 cm³/mol. The molecule has 0 aliphatic carbocycles. The largest absolute Gasteiger partial charge is 0.376 e. The van der Waals surface area contributed by atoms with Gasteiger partial charge in [-0.3, -0.25) is 4.79 Å². The molecule has 1 aromatic carbocycles. The quantitative estimate of drug-likeness (QED) is 0.810. The van der Waals surface area contributed by atoms with Crippen LogP contribution in [0.2, 0.25) is 0 Å². The second-order valence-electron chi connectivity index (χ2n) is 6.94. The molecule has 0 saturated heterocycles. The lowest BCUT2D eigenvalue weighted by atomic mass is 10.1. The molecule has 1 aliphatic heterocycles. The summed E-state index contributed by atoms with van der Waals surface area (Å²) < 4.78 is 7.86. The number of rotatable bonds is 6. The molecule has 3 rings (SSSR count). The average molecular weight is 342 g/mol. The van der Waals surface area contributed by atoms with E-state index in [1.165, 1.54) is 0 Å². The monoisotopic (exact) mass is 342 g/mol. The summed E-state index contributed by atoms with van der Waals surface area (Å²) >= 11 is 0. The van der Waals surface area contributed by atoms with E-state index in [0.717, 1.165) is 23.8 Å². The van der Waals surface area contributed by atoms with E-state index in [2.05, 4.69) is 28.6 Å². The molecule has 0 radical (unpaired) electrons. The fraction of sp³-hybridized carbons (Fsp3) is 0.526. The molecule has 134 valence electrons. The van der Waals surface area contributed by atoms with Crippen molar-refractivity contribution in [3.8, 4) is 0 Å². The highest BCUT2D eigenvalue weighted by molar-refractivity contribution is 5.78. The number of hydrogen-bond donors (Lipinski definition) is 0. The molecule has 1 aliphatic rings. The number of aromatic nitrogens is 3. The molecule has 1 amide bonds. The van der Waals surface area contributed by atoms with Gasteiger partial charge >= 0.3 is 0 Å². The van der Waals surface area contributed by atoms with Crippen LogP contribution < -0.4 is 0 Å². The average Bonchev–Trinajstić information content (AvgIpc) is 3.05. The highest BCUT2D eigenvalue weighted by Gasteiger charge is 2.27. The van der Waals surface area contributed by atoms with Gasteiger partial charge in [0.25, 0.3) is 0 Å². The third-order valence-corrected chi connectivity index (χ3v) is 4.51. The van der Waals surface area contributed by atoms with E-state index < -0.39 is 0 Å². The molecule has 0 bridgehead atoms. The Bertz CT molecular complexity index is 711. The Hall–Kier alpha value is -2.21. The molecule has 1 aromatic heterocycles. The molecule has 6 nitrogen and oxygen atoms in total. The van der Waals surface area contributed by atoms with E-state index >= 15 is 0 Å². The van der Waals surface area contributed by atoms with E-state index in [4.69, 9.17) is 4.74 Å². The van der Waals surface area contributed by atoms with Crippen molar-refractivity contribution in [1.82, 2.24) is 19.7 Å². The molecule has 1 atom stereocenters. The van der Waals surface area contributed by atoms with Gasteiger partial charge in [-0.15, -0.1) is 10.2 Å². The van der Waals surface area contributed by atoms with E-state index in [-0.39, 0.29) is 11.8 Å². The Labute approximate surface area is 148 Å². The summed E-state index contributed by atoms with van der Waals surface area (Å²) in [6.45, 7) is 9.10. The lowest BCUT2D eigenvalue weighted by molar-refractivity contribution is -0.138. The Morgan fingerprint density at radius 1 is 1.16 bits per heavy atom. The van der Waals surface area contributed by atoms with Crippen molar-refractivity contribution in [3.05, 3.63) is 47.5 Å². The van der Waals surface area contributed by atoms with Crippen molar-refractivity contribution in [3.63, 3.8) is 0 Å². The maximum atomic E-state index is 12.7. The molecule has 0 N–H and O–H groups in total. The molecule has 0 saturated carbocycles. The minimum Gasteiger partial charge on any atom is -0.376 e. The molecule has 0 fully saturated rings. The highest BCUT2D eigenvalue weighted by atomic mass is 16.5. The van der Waals surface area contributed by atoms with Crippen molar-refractivity contribution in [2.75, 3.05) is 13.2 Å². The van der Waals surface area contributed by atoms with E-state index in [1.54, 1.807) is 0 Å². The molecular weight excluding hydrogens is 316 g/mol. The van der Waals surface area contributed by atoms with Crippen LogP contribution in [0, 0.1) is 5.92 Å². The van der Waals surface area contributed by atoms with Gasteiger partial charge in [0.15, 0.2) is 5.82 Å². The number of amides is 1. The van der Waals surface area contributed by atoms with Gasteiger partial charge in [0, 0.05) is 19.0 Å².